The van der Waals surface area contributed by atoms with Crippen LogP contribution in [0.4, 0.5) is 0 Å². The molecule has 0 aliphatic carbocycles. The van der Waals surface area contributed by atoms with E-state index in [2.05, 4.69) is 4.42 Å². The number of rotatable bonds is 0. The normalized spacial score (nSPS) is 9.33. The van der Waals surface area contributed by atoms with Crippen molar-refractivity contribution >= 4 is 0 Å². The predicted octanol–water partition coefficient (Wildman–Crippen LogP) is -1.98. The van der Waals surface area contributed by atoms with Gasteiger partial charge in [0.2, 0.25) is 0 Å². The summed E-state index contributed by atoms with van der Waals surface area (Å²) in [5, 5.41) is 0. The van der Waals surface area contributed by atoms with E-state index in [1.807, 2.05) is 0 Å². The quantitative estimate of drug-likeness (QED) is 0.425. The van der Waals surface area contributed by atoms with Gasteiger partial charge in [0.25, 0.3) is 0 Å². The number of aromatic amines is 2. The van der Waals surface area contributed by atoms with E-state index >= 15 is 0 Å². The van der Waals surface area contributed by atoms with E-state index in [-0.39, 0.29) is 0 Å². The molecule has 0 unspecified atom stereocenters. The van der Waals surface area contributed by atoms with Crippen LogP contribution in [0.25, 0.3) is 0 Å². The Balaban J connectivity index is 3.72. The van der Waals surface area contributed by atoms with Gasteiger partial charge in [-0.1, -0.05) is 0 Å². The Kier molecular flexibility index (Phi) is 1.07. The van der Waals surface area contributed by atoms with E-state index in [0.717, 1.165) is 0 Å². The van der Waals surface area contributed by atoms with Crippen LogP contribution in [0.15, 0.2) is 18.8 Å². The van der Waals surface area contributed by atoms with Crippen LogP contribution in [0, 0.1) is 0 Å². The smallest absolute Gasteiger partial charge is 0.359 e. The standard InChI is InChI=1S/C3H2N2O4/c6-1-4-2(7)9-3(8)5-1/h(H2,4,5,6,7,8). The van der Waals surface area contributed by atoms with Crippen LogP contribution < -0.4 is 17.2 Å². The highest BCUT2D eigenvalue weighted by molar-refractivity contribution is 4.53. The topological polar surface area (TPSA) is 95.9 Å². The van der Waals surface area contributed by atoms with E-state index in [1.54, 1.807) is 9.97 Å². The zero-order valence-corrected chi connectivity index (χ0v) is 4.13. The average Bonchev–Trinajstić information content (AvgIpc) is 1.59. The predicted molar refractivity (Wildman–Crippen MR) is 26.2 cm³/mol. The van der Waals surface area contributed by atoms with E-state index in [4.69, 9.17) is 0 Å². The Morgan fingerprint density at radius 1 is 1.00 bits per heavy atom. The van der Waals surface area contributed by atoms with Crippen molar-refractivity contribution in [2.75, 3.05) is 0 Å². The molecule has 0 atom stereocenters. The molecule has 6 heteroatoms. The van der Waals surface area contributed by atoms with Gasteiger partial charge in [0.15, 0.2) is 0 Å². The molecule has 6 nitrogen and oxygen atoms in total. The minimum atomic E-state index is -1.05. The molecule has 0 spiro atoms. The number of hydrogen-bond donors (Lipinski definition) is 2. The second kappa shape index (κ2) is 1.73. The summed E-state index contributed by atoms with van der Waals surface area (Å²) in [5.74, 6) is -2.10. The van der Waals surface area contributed by atoms with Gasteiger partial charge in [0.05, 0.1) is 0 Å². The number of nitrogens with one attached hydrogen (secondary N) is 2. The van der Waals surface area contributed by atoms with Gasteiger partial charge in [0, 0.05) is 0 Å². The first-order valence-electron chi connectivity index (χ1n) is 2.02. The molecule has 1 rings (SSSR count). The molecular weight excluding hydrogens is 128 g/mol. The fraction of sp³-hybridized carbons (Fsp3) is 0. The molecule has 0 fully saturated rings. The average molecular weight is 130 g/mol. The summed E-state index contributed by atoms with van der Waals surface area (Å²) in [4.78, 5) is 33.6. The first-order chi connectivity index (χ1) is 4.18. The lowest BCUT2D eigenvalue weighted by molar-refractivity contribution is 0.417. The van der Waals surface area contributed by atoms with Crippen molar-refractivity contribution in [2.24, 2.45) is 0 Å². The van der Waals surface area contributed by atoms with Gasteiger partial charge in [-0.15, -0.1) is 0 Å². The molecule has 0 aliphatic rings. The summed E-state index contributed by atoms with van der Waals surface area (Å²) < 4.78 is 3.84. The number of aromatic nitrogens is 2. The summed E-state index contributed by atoms with van der Waals surface area (Å²) in [6.07, 6.45) is 0. The van der Waals surface area contributed by atoms with Crippen molar-refractivity contribution in [3.63, 3.8) is 0 Å². The van der Waals surface area contributed by atoms with Crippen LogP contribution >= 0.6 is 0 Å². The molecule has 0 amide bonds. The zero-order chi connectivity index (χ0) is 6.85. The van der Waals surface area contributed by atoms with Gasteiger partial charge in [-0.05, 0) is 0 Å². The van der Waals surface area contributed by atoms with Gasteiger partial charge in [0.1, 0.15) is 0 Å². The molecule has 0 saturated carbocycles. The number of H-pyrrole nitrogens is 2. The zero-order valence-electron chi connectivity index (χ0n) is 4.13. The summed E-state index contributed by atoms with van der Waals surface area (Å²) in [5.41, 5.74) is -0.865. The Labute approximate surface area is 47.2 Å². The minimum absolute atomic E-state index is 0.865. The van der Waals surface area contributed by atoms with Crippen LogP contribution in [-0.2, 0) is 0 Å². The fourth-order valence-electron chi connectivity index (χ4n) is 0.352. The molecule has 1 aromatic rings. The van der Waals surface area contributed by atoms with Crippen molar-refractivity contribution in [3.05, 3.63) is 31.6 Å². The molecule has 48 valence electrons. The van der Waals surface area contributed by atoms with E-state index in [0.29, 0.717) is 0 Å². The second-order valence-corrected chi connectivity index (χ2v) is 1.26. The van der Waals surface area contributed by atoms with Crippen LogP contribution in [-0.4, -0.2) is 9.97 Å². The minimum Gasteiger partial charge on any atom is -0.359 e. The lowest BCUT2D eigenvalue weighted by Crippen LogP contribution is -2.29. The molecule has 0 aliphatic heterocycles. The summed E-state index contributed by atoms with van der Waals surface area (Å²) in [6.45, 7) is 0. The first kappa shape index (κ1) is 5.54. The molecule has 0 radical (unpaired) electrons. The molecule has 1 heterocycles. The SMILES string of the molecule is O=c1[nH]c(=O)oc(=O)[nH]1. The summed E-state index contributed by atoms with van der Waals surface area (Å²) in [6, 6.07) is 0. The van der Waals surface area contributed by atoms with Gasteiger partial charge in [-0.25, -0.2) is 24.4 Å². The molecule has 2 N–H and O–H groups in total. The van der Waals surface area contributed by atoms with Crippen LogP contribution in [0.1, 0.15) is 0 Å². The number of hydrogen-bond acceptors (Lipinski definition) is 4. The summed E-state index contributed by atoms with van der Waals surface area (Å²) >= 11 is 0. The Bertz CT molecular complexity index is 276. The molecule has 0 aromatic carbocycles. The monoisotopic (exact) mass is 130 g/mol. The summed E-state index contributed by atoms with van der Waals surface area (Å²) in [7, 11) is 0. The van der Waals surface area contributed by atoms with E-state index < -0.39 is 17.2 Å². The van der Waals surface area contributed by atoms with Gasteiger partial charge in [-0.3, -0.25) is 0 Å². The van der Waals surface area contributed by atoms with Crippen LogP contribution in [0.5, 0.6) is 0 Å². The van der Waals surface area contributed by atoms with Gasteiger partial charge in [-0.2, -0.15) is 0 Å². The Morgan fingerprint density at radius 2 is 1.44 bits per heavy atom. The highest BCUT2D eigenvalue weighted by Gasteiger charge is 1.88. The second-order valence-electron chi connectivity index (χ2n) is 1.26. The highest BCUT2D eigenvalue weighted by atomic mass is 16.4. The maximum atomic E-state index is 10.1. The molecular formula is C3H2N2O4. The third-order valence-corrected chi connectivity index (χ3v) is 0.617. The molecule has 0 saturated heterocycles. The van der Waals surface area contributed by atoms with Crippen molar-refractivity contribution in [3.8, 4) is 0 Å². The van der Waals surface area contributed by atoms with Gasteiger partial charge >= 0.3 is 17.2 Å². The Morgan fingerprint density at radius 3 is 1.78 bits per heavy atom. The van der Waals surface area contributed by atoms with Crippen molar-refractivity contribution in [1.82, 2.24) is 9.97 Å². The lowest BCUT2D eigenvalue weighted by atomic mass is 11.1. The maximum absolute atomic E-state index is 10.1. The van der Waals surface area contributed by atoms with Crippen molar-refractivity contribution < 1.29 is 4.42 Å². The van der Waals surface area contributed by atoms with Gasteiger partial charge < -0.3 is 4.42 Å². The third kappa shape index (κ3) is 1.15. The van der Waals surface area contributed by atoms with Crippen LogP contribution in [0.3, 0.4) is 0 Å². The Hall–Kier alpha value is -1.59. The lowest BCUT2D eigenvalue weighted by Gasteiger charge is -1.75. The molecule has 1 aromatic heterocycles. The van der Waals surface area contributed by atoms with Crippen LogP contribution in [0.2, 0.25) is 0 Å². The highest BCUT2D eigenvalue weighted by Crippen LogP contribution is 1.39. The fourth-order valence-corrected chi connectivity index (χ4v) is 0.352. The largest absolute Gasteiger partial charge is 0.424 e. The molecule has 9 heavy (non-hydrogen) atoms. The third-order valence-electron chi connectivity index (χ3n) is 0.617. The van der Waals surface area contributed by atoms with Crippen molar-refractivity contribution in [2.45, 2.75) is 0 Å². The molecule has 0 bridgehead atoms. The van der Waals surface area contributed by atoms with Crippen molar-refractivity contribution in [1.29, 1.82) is 0 Å². The first-order valence-corrected chi connectivity index (χ1v) is 2.02. The maximum Gasteiger partial charge on any atom is 0.424 e. The van der Waals surface area contributed by atoms with E-state index in [1.165, 1.54) is 0 Å². The van der Waals surface area contributed by atoms with E-state index in [9.17, 15) is 14.4 Å².